The zero-order valence-corrected chi connectivity index (χ0v) is 10.7. The maximum Gasteiger partial charge on any atom is 0.246 e. The van der Waals surface area contributed by atoms with Crippen LogP contribution in [0.25, 0.3) is 0 Å². The number of rotatable bonds is 5. The molecule has 16 heavy (non-hydrogen) atoms. The van der Waals surface area contributed by atoms with Crippen LogP contribution >= 0.6 is 0 Å². The van der Waals surface area contributed by atoms with Crippen LogP contribution in [0.2, 0.25) is 0 Å². The lowest BCUT2D eigenvalue weighted by Crippen LogP contribution is -2.38. The summed E-state index contributed by atoms with van der Waals surface area (Å²) in [6.45, 7) is 2.52. The molecule has 0 bridgehead atoms. The fourth-order valence-corrected chi connectivity index (χ4v) is 1.99. The molecule has 1 rings (SSSR count). The monoisotopic (exact) mass is 246 g/mol. The van der Waals surface area contributed by atoms with Crippen LogP contribution in [0, 0.1) is 0 Å². The maximum absolute atomic E-state index is 11.5. The van der Waals surface area contributed by atoms with Gasteiger partial charge in [-0.2, -0.15) is 0 Å². The van der Waals surface area contributed by atoms with Crippen molar-refractivity contribution in [3.63, 3.8) is 0 Å². The second-order valence-corrected chi connectivity index (χ2v) is 5.90. The first kappa shape index (κ1) is 13.3. The van der Waals surface area contributed by atoms with Crippen LogP contribution in [-0.2, 0) is 20.4 Å². The molecule has 1 N–H and O–H groups in total. The Morgan fingerprint density at radius 1 is 1.56 bits per heavy atom. The van der Waals surface area contributed by atoms with Crippen molar-refractivity contribution in [3.8, 4) is 0 Å². The molecular weight excluding hydrogens is 228 g/mol. The third kappa shape index (κ3) is 3.12. The third-order valence-corrected chi connectivity index (χ3v) is 4.26. The molecule has 2 amide bonds. The van der Waals surface area contributed by atoms with Gasteiger partial charge in [0.25, 0.3) is 0 Å². The van der Waals surface area contributed by atoms with Gasteiger partial charge in [0.05, 0.1) is 12.5 Å². The molecular formula is C10H18N2O3S. The highest BCUT2D eigenvalue weighted by molar-refractivity contribution is 7.84. The number of nitrogens with zero attached hydrogens (tertiary/aromatic N) is 1. The molecule has 0 aromatic rings. The maximum atomic E-state index is 11.5. The van der Waals surface area contributed by atoms with E-state index in [-0.39, 0.29) is 23.5 Å². The van der Waals surface area contributed by atoms with Crippen LogP contribution in [0.3, 0.4) is 0 Å². The van der Waals surface area contributed by atoms with E-state index >= 15 is 0 Å². The molecule has 0 aromatic heterocycles. The van der Waals surface area contributed by atoms with E-state index in [0.717, 1.165) is 11.3 Å². The summed E-state index contributed by atoms with van der Waals surface area (Å²) in [5.41, 5.74) is 0. The molecule has 0 spiro atoms. The van der Waals surface area contributed by atoms with Gasteiger partial charge in [0.2, 0.25) is 11.8 Å². The fraction of sp³-hybridized carbons (Fsp3) is 0.800. The van der Waals surface area contributed by atoms with Gasteiger partial charge in [0, 0.05) is 29.4 Å². The van der Waals surface area contributed by atoms with Crippen molar-refractivity contribution in [3.05, 3.63) is 0 Å². The second-order valence-electron chi connectivity index (χ2n) is 4.10. The van der Waals surface area contributed by atoms with Gasteiger partial charge in [0.1, 0.15) is 0 Å². The van der Waals surface area contributed by atoms with Crippen LogP contribution in [-0.4, -0.2) is 52.1 Å². The van der Waals surface area contributed by atoms with Crippen molar-refractivity contribution >= 4 is 22.6 Å². The first-order valence-electron chi connectivity index (χ1n) is 5.29. The minimum absolute atomic E-state index is 0.109. The van der Waals surface area contributed by atoms with E-state index in [1.54, 1.807) is 6.26 Å². The van der Waals surface area contributed by atoms with Gasteiger partial charge in [0.15, 0.2) is 0 Å². The number of hydrogen-bond donors (Lipinski definition) is 1. The molecule has 0 aliphatic carbocycles. The molecule has 5 nitrogen and oxygen atoms in total. The molecule has 1 heterocycles. The average Bonchev–Trinajstić information content (AvgIpc) is 2.46. The first-order valence-corrected chi connectivity index (χ1v) is 6.91. The smallest absolute Gasteiger partial charge is 0.246 e. The summed E-state index contributed by atoms with van der Waals surface area (Å²) >= 11 is 0. The summed E-state index contributed by atoms with van der Waals surface area (Å²) < 4.78 is 11.1. The molecule has 0 aromatic carbocycles. The predicted octanol–water partition coefficient (Wildman–Crippen LogP) is -0.510. The van der Waals surface area contributed by atoms with E-state index in [0.29, 0.717) is 6.54 Å². The summed E-state index contributed by atoms with van der Waals surface area (Å²) in [6.07, 6.45) is 2.65. The van der Waals surface area contributed by atoms with Crippen LogP contribution in [0.5, 0.6) is 0 Å². The number of amides is 2. The molecule has 0 saturated carbocycles. The average molecular weight is 246 g/mol. The van der Waals surface area contributed by atoms with Crippen molar-refractivity contribution < 1.29 is 13.8 Å². The lowest BCUT2D eigenvalue weighted by atomic mass is 10.2. The molecule has 1 saturated heterocycles. The van der Waals surface area contributed by atoms with Gasteiger partial charge in [-0.05, 0) is 13.0 Å². The zero-order chi connectivity index (χ0) is 12.3. The van der Waals surface area contributed by atoms with E-state index in [9.17, 15) is 13.8 Å². The second kappa shape index (κ2) is 5.54. The topological polar surface area (TPSA) is 66.5 Å². The summed E-state index contributed by atoms with van der Waals surface area (Å²) in [5.74, 6) is -0.315. The Bertz CT molecular complexity index is 319. The lowest BCUT2D eigenvalue weighted by Gasteiger charge is -2.12. The highest BCUT2D eigenvalue weighted by Gasteiger charge is 2.35. The first-order chi connectivity index (χ1) is 7.43. The minimum Gasteiger partial charge on any atom is -0.305 e. The lowest BCUT2D eigenvalue weighted by molar-refractivity contribution is -0.137. The Balaban J connectivity index is 2.32. The van der Waals surface area contributed by atoms with Gasteiger partial charge in [-0.25, -0.2) is 0 Å². The number of carbonyl (C=O) groups is 2. The Hall–Kier alpha value is -0.750. The number of likely N-dealkylation sites (tertiary alicyclic amines) is 1. The van der Waals surface area contributed by atoms with E-state index in [2.05, 4.69) is 5.32 Å². The van der Waals surface area contributed by atoms with Gasteiger partial charge in [-0.1, -0.05) is 6.92 Å². The Kier molecular flexibility index (Phi) is 4.61. The third-order valence-electron chi connectivity index (χ3n) is 2.89. The van der Waals surface area contributed by atoms with Crippen molar-refractivity contribution in [1.82, 2.24) is 10.2 Å². The van der Waals surface area contributed by atoms with Crippen molar-refractivity contribution in [2.45, 2.75) is 31.1 Å². The van der Waals surface area contributed by atoms with Crippen molar-refractivity contribution in [2.75, 3.05) is 19.8 Å². The Labute approximate surface area is 98.0 Å². The normalized spacial score (nSPS) is 24.9. The van der Waals surface area contributed by atoms with Gasteiger partial charge < -0.3 is 5.32 Å². The largest absolute Gasteiger partial charge is 0.305 e. The van der Waals surface area contributed by atoms with E-state index in [4.69, 9.17) is 0 Å². The standard InChI is InChI=1S/C10H18N2O3S/c1-7(16(3)15)4-5-11-8-6-9(13)12(2)10(8)14/h7-8,11H,4-6H2,1-3H3. The highest BCUT2D eigenvalue weighted by Crippen LogP contribution is 2.10. The van der Waals surface area contributed by atoms with E-state index < -0.39 is 16.8 Å². The molecule has 6 heteroatoms. The van der Waals surface area contributed by atoms with Crippen LogP contribution in [0.15, 0.2) is 0 Å². The molecule has 3 unspecified atom stereocenters. The van der Waals surface area contributed by atoms with Gasteiger partial charge in [-0.15, -0.1) is 0 Å². The van der Waals surface area contributed by atoms with Crippen molar-refractivity contribution in [2.24, 2.45) is 0 Å². The molecule has 3 atom stereocenters. The van der Waals surface area contributed by atoms with Crippen LogP contribution in [0.1, 0.15) is 19.8 Å². The number of hydrogen-bond acceptors (Lipinski definition) is 4. The summed E-state index contributed by atoms with van der Waals surface area (Å²) in [4.78, 5) is 23.9. The highest BCUT2D eigenvalue weighted by atomic mass is 32.2. The van der Waals surface area contributed by atoms with Gasteiger partial charge in [-0.3, -0.25) is 18.7 Å². The molecule has 0 radical (unpaired) electrons. The van der Waals surface area contributed by atoms with Crippen LogP contribution < -0.4 is 5.32 Å². The number of nitrogens with one attached hydrogen (secondary N) is 1. The van der Waals surface area contributed by atoms with E-state index in [1.807, 2.05) is 6.92 Å². The van der Waals surface area contributed by atoms with Gasteiger partial charge >= 0.3 is 0 Å². The van der Waals surface area contributed by atoms with E-state index in [1.165, 1.54) is 7.05 Å². The minimum atomic E-state index is -0.838. The molecule has 1 fully saturated rings. The zero-order valence-electron chi connectivity index (χ0n) is 9.86. The SMILES string of the molecule is CC(CCNC1CC(=O)N(C)C1=O)S(C)=O. The number of likely N-dealkylation sites (N-methyl/N-ethyl adjacent to an activating group) is 1. The quantitative estimate of drug-likeness (QED) is 0.664. The summed E-state index contributed by atoms with van der Waals surface area (Å²) in [6, 6.07) is -0.394. The number of imide groups is 1. The molecule has 1 aliphatic heterocycles. The van der Waals surface area contributed by atoms with Crippen molar-refractivity contribution in [1.29, 1.82) is 0 Å². The Morgan fingerprint density at radius 3 is 2.62 bits per heavy atom. The molecule has 1 aliphatic rings. The Morgan fingerprint density at radius 2 is 2.19 bits per heavy atom. The molecule has 92 valence electrons. The fourth-order valence-electron chi connectivity index (χ4n) is 1.54. The predicted molar refractivity (Wildman–Crippen MR) is 62.3 cm³/mol. The van der Waals surface area contributed by atoms with Crippen LogP contribution in [0.4, 0.5) is 0 Å². The summed E-state index contributed by atoms with van der Waals surface area (Å²) in [7, 11) is 0.658. The summed E-state index contributed by atoms with van der Waals surface area (Å²) in [5, 5.41) is 3.14. The number of carbonyl (C=O) groups excluding carboxylic acids is 2.